The van der Waals surface area contributed by atoms with E-state index in [4.69, 9.17) is 30.5 Å². The number of hydrogen-bond acceptors (Lipinski definition) is 8. The van der Waals surface area contributed by atoms with Crippen LogP contribution in [0.25, 0.3) is 0 Å². The number of carbonyl (C=O) groups excluding carboxylic acids is 3. The summed E-state index contributed by atoms with van der Waals surface area (Å²) in [5.74, 6) is -1.88. The van der Waals surface area contributed by atoms with Crippen LogP contribution in [0.3, 0.4) is 0 Å². The molecule has 0 aliphatic carbocycles. The molecule has 0 fully saturated rings. The molecule has 0 saturated carbocycles. The lowest BCUT2D eigenvalue weighted by Gasteiger charge is -2.29. The smallest absolute Gasteiger partial charge is 0.478 e. The molecule has 202 valence electrons. The molecule has 11 heteroatoms. The van der Waals surface area contributed by atoms with E-state index in [9.17, 15) is 18.8 Å². The van der Waals surface area contributed by atoms with Crippen LogP contribution in [0, 0.1) is 5.82 Å². The first kappa shape index (κ1) is 26.6. The van der Waals surface area contributed by atoms with Gasteiger partial charge in [-0.05, 0) is 55.5 Å². The molecule has 2 heterocycles. The summed E-state index contributed by atoms with van der Waals surface area (Å²) in [6.45, 7) is 1.81. The van der Waals surface area contributed by atoms with Crippen molar-refractivity contribution in [3.63, 3.8) is 0 Å². The number of carbonyl (C=O) groups is 3. The van der Waals surface area contributed by atoms with Gasteiger partial charge in [-0.3, -0.25) is 4.79 Å². The average Bonchev–Trinajstić information content (AvgIpc) is 3.17. The Bertz CT molecular complexity index is 1590. The number of fused-ring (bicyclic) bond motifs is 1. The van der Waals surface area contributed by atoms with E-state index in [0.29, 0.717) is 4.90 Å². The van der Waals surface area contributed by atoms with Crippen molar-refractivity contribution in [3.8, 4) is 17.4 Å². The number of amides is 2. The van der Waals surface area contributed by atoms with Gasteiger partial charge in [0.05, 0.1) is 22.9 Å². The third-order valence-corrected chi connectivity index (χ3v) is 6.20. The van der Waals surface area contributed by atoms with Gasteiger partial charge in [0.15, 0.2) is 0 Å². The van der Waals surface area contributed by atoms with E-state index < -0.39 is 29.6 Å². The minimum absolute atomic E-state index is 0.0788. The fourth-order valence-electron chi connectivity index (χ4n) is 4.26. The Morgan fingerprint density at radius 3 is 2.23 bits per heavy atom. The minimum Gasteiger partial charge on any atom is -0.478 e. The zero-order valence-corrected chi connectivity index (χ0v) is 21.6. The number of aromatic nitrogens is 1. The molecule has 5 rings (SSSR count). The van der Waals surface area contributed by atoms with Crippen molar-refractivity contribution in [2.24, 2.45) is 0 Å². The molecule has 2 amide bonds. The summed E-state index contributed by atoms with van der Waals surface area (Å²) in [5.41, 5.74) is -2.94. The van der Waals surface area contributed by atoms with Crippen LogP contribution in [0.15, 0.2) is 91.1 Å². The molecule has 0 radical (unpaired) electrons. The normalized spacial score (nSPS) is 15.8. The van der Waals surface area contributed by atoms with Gasteiger partial charge in [-0.1, -0.05) is 48.0 Å². The Labute approximate surface area is 232 Å². The second-order valence-corrected chi connectivity index (χ2v) is 8.75. The van der Waals surface area contributed by atoms with Crippen molar-refractivity contribution < 1.29 is 37.7 Å². The van der Waals surface area contributed by atoms with E-state index in [2.05, 4.69) is 4.98 Å². The maximum atomic E-state index is 15.0. The summed E-state index contributed by atoms with van der Waals surface area (Å²) in [6.07, 6.45) is -1.07. The number of nitrogens with zero attached hydrogens (tertiary/aromatic N) is 2. The summed E-state index contributed by atoms with van der Waals surface area (Å²) in [6, 6.07) is 20.8. The predicted molar refractivity (Wildman–Crippen MR) is 141 cm³/mol. The van der Waals surface area contributed by atoms with Crippen LogP contribution in [0.2, 0.25) is 5.02 Å². The molecule has 0 saturated heterocycles. The molecule has 4 aromatic rings. The molecule has 1 aromatic heterocycles. The van der Waals surface area contributed by atoms with Gasteiger partial charge in [0.1, 0.15) is 17.3 Å². The number of ether oxygens (including phenoxy) is 4. The standard InChI is InChI=1S/C29H20ClFN2O7/c1-2-37-25-20(14-9-15-32-25)29(40-28(36)39-19-12-7-4-8-13-19)21-16-23(31)22(30)17-24(21)33(26(29)34)27(35)38-18-10-5-3-6-11-18/h3-17H,2H2,1H3. The van der Waals surface area contributed by atoms with Crippen LogP contribution in [0.5, 0.6) is 17.4 Å². The molecule has 0 spiro atoms. The first-order valence-corrected chi connectivity index (χ1v) is 12.4. The molecule has 0 N–H and O–H groups in total. The van der Waals surface area contributed by atoms with Crippen molar-refractivity contribution in [3.05, 3.63) is 113 Å². The van der Waals surface area contributed by atoms with Gasteiger partial charge in [0, 0.05) is 11.8 Å². The second kappa shape index (κ2) is 11.0. The zero-order valence-electron chi connectivity index (χ0n) is 20.9. The van der Waals surface area contributed by atoms with Crippen molar-refractivity contribution in [1.82, 2.24) is 4.98 Å². The number of para-hydroxylation sites is 2. The molecule has 1 aliphatic heterocycles. The fraction of sp³-hybridized carbons (Fsp3) is 0.103. The predicted octanol–water partition coefficient (Wildman–Crippen LogP) is 6.28. The zero-order chi connectivity index (χ0) is 28.3. The lowest BCUT2D eigenvalue weighted by molar-refractivity contribution is -0.133. The van der Waals surface area contributed by atoms with Crippen LogP contribution < -0.4 is 19.1 Å². The van der Waals surface area contributed by atoms with Crippen LogP contribution in [0.4, 0.5) is 19.7 Å². The lowest BCUT2D eigenvalue weighted by Crippen LogP contribution is -2.48. The maximum Gasteiger partial charge on any atom is 0.515 e. The molecule has 1 atom stereocenters. The van der Waals surface area contributed by atoms with E-state index in [-0.39, 0.29) is 45.8 Å². The minimum atomic E-state index is -2.47. The first-order chi connectivity index (χ1) is 19.3. The Balaban J connectivity index is 1.69. The van der Waals surface area contributed by atoms with E-state index in [0.717, 1.165) is 12.1 Å². The number of rotatable bonds is 6. The fourth-order valence-corrected chi connectivity index (χ4v) is 4.41. The van der Waals surface area contributed by atoms with Gasteiger partial charge in [-0.15, -0.1) is 0 Å². The Morgan fingerprint density at radius 2 is 1.57 bits per heavy atom. The van der Waals surface area contributed by atoms with Crippen molar-refractivity contribution in [1.29, 1.82) is 0 Å². The average molecular weight is 563 g/mol. The summed E-state index contributed by atoms with van der Waals surface area (Å²) in [5, 5.41) is -0.386. The number of imide groups is 1. The number of anilines is 1. The Kier molecular flexibility index (Phi) is 7.35. The molecule has 0 bridgehead atoms. The molecule has 3 aromatic carbocycles. The Morgan fingerprint density at radius 1 is 0.925 bits per heavy atom. The van der Waals surface area contributed by atoms with Crippen molar-refractivity contribution >= 4 is 35.4 Å². The monoisotopic (exact) mass is 562 g/mol. The highest BCUT2D eigenvalue weighted by Crippen LogP contribution is 2.51. The first-order valence-electron chi connectivity index (χ1n) is 12.0. The van der Waals surface area contributed by atoms with Gasteiger partial charge in [0.2, 0.25) is 5.88 Å². The highest BCUT2D eigenvalue weighted by molar-refractivity contribution is 6.32. The number of benzene rings is 3. The second-order valence-electron chi connectivity index (χ2n) is 8.34. The number of pyridine rings is 1. The summed E-state index contributed by atoms with van der Waals surface area (Å²) in [4.78, 5) is 45.7. The van der Waals surface area contributed by atoms with Gasteiger partial charge >= 0.3 is 12.2 Å². The van der Waals surface area contributed by atoms with E-state index in [1.807, 2.05) is 0 Å². The molecular formula is C29H20ClFN2O7. The molecule has 40 heavy (non-hydrogen) atoms. The van der Waals surface area contributed by atoms with Crippen LogP contribution in [-0.4, -0.2) is 29.7 Å². The summed E-state index contributed by atoms with van der Waals surface area (Å²) < 4.78 is 37.1. The third-order valence-electron chi connectivity index (χ3n) is 5.91. The molecule has 9 nitrogen and oxygen atoms in total. The number of halogens is 2. The van der Waals surface area contributed by atoms with Crippen molar-refractivity contribution in [2.75, 3.05) is 11.5 Å². The van der Waals surface area contributed by atoms with Gasteiger partial charge < -0.3 is 18.9 Å². The number of hydrogen-bond donors (Lipinski definition) is 0. The summed E-state index contributed by atoms with van der Waals surface area (Å²) in [7, 11) is 0. The van der Waals surface area contributed by atoms with Gasteiger partial charge in [-0.2, -0.15) is 0 Å². The largest absolute Gasteiger partial charge is 0.515 e. The Hall–Kier alpha value is -4.96. The van der Waals surface area contributed by atoms with Gasteiger partial charge in [0.25, 0.3) is 11.5 Å². The van der Waals surface area contributed by atoms with Crippen LogP contribution in [0.1, 0.15) is 18.1 Å². The third kappa shape index (κ3) is 4.80. The quantitative estimate of drug-likeness (QED) is 0.200. The summed E-state index contributed by atoms with van der Waals surface area (Å²) >= 11 is 6.07. The highest BCUT2D eigenvalue weighted by Gasteiger charge is 2.60. The molecule has 1 unspecified atom stereocenters. The van der Waals surface area contributed by atoms with Crippen LogP contribution >= 0.6 is 11.6 Å². The van der Waals surface area contributed by atoms with Crippen LogP contribution in [-0.2, 0) is 15.1 Å². The SMILES string of the molecule is CCOc1ncccc1C1(OC(=O)Oc2ccccc2)C(=O)N(C(=O)Oc2ccccc2)c2cc(Cl)c(F)cc21. The maximum absolute atomic E-state index is 15.0. The molecule has 1 aliphatic rings. The lowest BCUT2D eigenvalue weighted by atomic mass is 9.87. The van der Waals surface area contributed by atoms with E-state index >= 15 is 0 Å². The molecular weight excluding hydrogens is 543 g/mol. The highest BCUT2D eigenvalue weighted by atomic mass is 35.5. The van der Waals surface area contributed by atoms with E-state index in [1.165, 1.54) is 42.6 Å². The van der Waals surface area contributed by atoms with Crippen molar-refractivity contribution in [2.45, 2.75) is 12.5 Å². The van der Waals surface area contributed by atoms with Gasteiger partial charge in [-0.25, -0.2) is 23.9 Å². The topological polar surface area (TPSA) is 104 Å². The van der Waals surface area contributed by atoms with E-state index in [1.54, 1.807) is 43.3 Å².